The second-order valence-corrected chi connectivity index (χ2v) is 6.05. The second kappa shape index (κ2) is 6.40. The Balaban J connectivity index is 1.70. The molecule has 0 fully saturated rings. The molecule has 4 rings (SSSR count). The molecule has 2 heterocycles. The van der Waals surface area contributed by atoms with Crippen molar-refractivity contribution in [2.45, 2.75) is 6.42 Å². The average Bonchev–Trinajstić information content (AvgIpc) is 3.09. The van der Waals surface area contributed by atoms with Crippen molar-refractivity contribution in [2.24, 2.45) is 7.05 Å². The van der Waals surface area contributed by atoms with Gasteiger partial charge in [-0.3, -0.25) is 18.8 Å². The number of benzene rings is 2. The van der Waals surface area contributed by atoms with Gasteiger partial charge in [-0.25, -0.2) is 4.98 Å². The molecule has 0 unspecified atom stereocenters. The highest BCUT2D eigenvalue weighted by Crippen LogP contribution is 2.14. The van der Waals surface area contributed by atoms with Gasteiger partial charge in [0.15, 0.2) is 5.78 Å². The quantitative estimate of drug-likeness (QED) is 0.534. The summed E-state index contributed by atoms with van der Waals surface area (Å²) in [7, 11) is 1.74. The van der Waals surface area contributed by atoms with Crippen molar-refractivity contribution in [3.8, 4) is 5.69 Å². The Morgan fingerprint density at radius 2 is 1.88 bits per heavy atom. The van der Waals surface area contributed by atoms with Crippen LogP contribution in [0.25, 0.3) is 16.6 Å². The predicted octanol–water partition coefficient (Wildman–Crippen LogP) is 2.54. The van der Waals surface area contributed by atoms with E-state index < -0.39 is 0 Å². The zero-order valence-electron chi connectivity index (χ0n) is 14.2. The summed E-state index contributed by atoms with van der Waals surface area (Å²) in [5.41, 5.74) is 2.58. The van der Waals surface area contributed by atoms with Crippen LogP contribution in [0.3, 0.4) is 0 Å². The lowest BCUT2D eigenvalue weighted by Crippen LogP contribution is -2.19. The van der Waals surface area contributed by atoms with Crippen LogP contribution in [0.1, 0.15) is 16.1 Å². The number of carbonyl (C=O) groups is 1. The molecule has 0 aliphatic carbocycles. The fourth-order valence-corrected chi connectivity index (χ4v) is 2.97. The molecule has 128 valence electrons. The van der Waals surface area contributed by atoms with Gasteiger partial charge in [-0.05, 0) is 35.9 Å². The molecular formula is C20H16N4O2. The van der Waals surface area contributed by atoms with Crippen LogP contribution in [0.2, 0.25) is 0 Å². The summed E-state index contributed by atoms with van der Waals surface area (Å²) in [6.45, 7) is 0. The van der Waals surface area contributed by atoms with E-state index in [4.69, 9.17) is 0 Å². The van der Waals surface area contributed by atoms with Gasteiger partial charge in [0.1, 0.15) is 12.0 Å². The van der Waals surface area contributed by atoms with Gasteiger partial charge >= 0.3 is 0 Å². The molecule has 2 aromatic heterocycles. The smallest absolute Gasteiger partial charge is 0.265 e. The number of hydrogen-bond acceptors (Lipinski definition) is 4. The zero-order valence-corrected chi connectivity index (χ0v) is 14.2. The van der Waals surface area contributed by atoms with Crippen molar-refractivity contribution in [3.63, 3.8) is 0 Å². The van der Waals surface area contributed by atoms with Gasteiger partial charge < -0.3 is 0 Å². The van der Waals surface area contributed by atoms with Crippen molar-refractivity contribution in [3.05, 3.63) is 88.7 Å². The van der Waals surface area contributed by atoms with E-state index in [9.17, 15) is 9.59 Å². The third-order valence-corrected chi connectivity index (χ3v) is 4.33. The predicted molar refractivity (Wildman–Crippen MR) is 98.6 cm³/mol. The van der Waals surface area contributed by atoms with Gasteiger partial charge in [0.2, 0.25) is 0 Å². The summed E-state index contributed by atoms with van der Waals surface area (Å²) in [6, 6.07) is 16.4. The van der Waals surface area contributed by atoms with Crippen molar-refractivity contribution >= 4 is 16.7 Å². The Kier molecular flexibility index (Phi) is 3.93. The van der Waals surface area contributed by atoms with Crippen LogP contribution in [0.5, 0.6) is 0 Å². The van der Waals surface area contributed by atoms with Gasteiger partial charge in [-0.2, -0.15) is 5.10 Å². The number of nitrogens with zero attached hydrogens (tertiary/aromatic N) is 4. The van der Waals surface area contributed by atoms with Gasteiger partial charge in [0.05, 0.1) is 16.6 Å². The van der Waals surface area contributed by atoms with Crippen LogP contribution in [-0.4, -0.2) is 25.1 Å². The molecule has 6 nitrogen and oxygen atoms in total. The van der Waals surface area contributed by atoms with E-state index in [-0.39, 0.29) is 17.8 Å². The highest BCUT2D eigenvalue weighted by atomic mass is 16.1. The molecule has 6 heteroatoms. The Bertz CT molecular complexity index is 1160. The van der Waals surface area contributed by atoms with Crippen LogP contribution < -0.4 is 5.56 Å². The fraction of sp³-hybridized carbons (Fsp3) is 0.100. The standard InChI is InChI=1S/C20H16N4O2/c1-23-18(9-10-22-23)19(25)12-14-7-8-16-17(11-14)21-13-24(20(16)26)15-5-3-2-4-6-15/h2-11,13H,12H2,1H3. The maximum absolute atomic E-state index is 12.7. The number of carbonyl (C=O) groups excluding carboxylic acids is 1. The van der Waals surface area contributed by atoms with Crippen LogP contribution in [0.15, 0.2) is 71.9 Å². The molecule has 0 saturated heterocycles. The topological polar surface area (TPSA) is 69.8 Å². The summed E-state index contributed by atoms with van der Waals surface area (Å²) < 4.78 is 3.07. The van der Waals surface area contributed by atoms with Crippen molar-refractivity contribution in [1.82, 2.24) is 19.3 Å². The van der Waals surface area contributed by atoms with Gasteiger partial charge in [0, 0.05) is 19.7 Å². The minimum absolute atomic E-state index is 0.0259. The minimum atomic E-state index is -0.134. The molecule has 0 aliphatic rings. The van der Waals surface area contributed by atoms with Crippen molar-refractivity contribution in [1.29, 1.82) is 0 Å². The number of aromatic nitrogens is 4. The first kappa shape index (κ1) is 16.0. The molecule has 0 bridgehead atoms. The fourth-order valence-electron chi connectivity index (χ4n) is 2.97. The number of fused-ring (bicyclic) bond motifs is 1. The lowest BCUT2D eigenvalue weighted by atomic mass is 10.1. The molecular weight excluding hydrogens is 328 g/mol. The highest BCUT2D eigenvalue weighted by Gasteiger charge is 2.12. The molecule has 0 radical (unpaired) electrons. The number of ketones is 1. The molecule has 4 aromatic rings. The molecule has 26 heavy (non-hydrogen) atoms. The third kappa shape index (κ3) is 2.82. The first-order valence-electron chi connectivity index (χ1n) is 8.20. The Hall–Kier alpha value is -3.54. The molecule has 0 saturated carbocycles. The molecule has 0 aliphatic heterocycles. The van der Waals surface area contributed by atoms with Crippen LogP contribution in [0, 0.1) is 0 Å². The van der Waals surface area contributed by atoms with Crippen LogP contribution in [0.4, 0.5) is 0 Å². The summed E-state index contributed by atoms with van der Waals surface area (Å²) in [5.74, 6) is -0.0259. The number of aryl methyl sites for hydroxylation is 1. The molecule has 0 atom stereocenters. The lowest BCUT2D eigenvalue weighted by molar-refractivity contribution is 0.0984. The number of para-hydroxylation sites is 1. The van der Waals surface area contributed by atoms with Crippen molar-refractivity contribution in [2.75, 3.05) is 0 Å². The average molecular weight is 344 g/mol. The summed E-state index contributed by atoms with van der Waals surface area (Å²) in [5, 5.41) is 4.54. The van der Waals surface area contributed by atoms with Gasteiger partial charge in [-0.1, -0.05) is 24.3 Å². The van der Waals surface area contributed by atoms with E-state index in [1.54, 1.807) is 42.2 Å². The number of hydrogen-bond donors (Lipinski definition) is 0. The van der Waals surface area contributed by atoms with Gasteiger partial charge in [0.25, 0.3) is 5.56 Å². The first-order valence-corrected chi connectivity index (χ1v) is 8.20. The zero-order chi connectivity index (χ0) is 18.1. The molecule has 2 aromatic carbocycles. The Morgan fingerprint density at radius 3 is 2.62 bits per heavy atom. The summed E-state index contributed by atoms with van der Waals surface area (Å²) in [6.07, 6.45) is 3.35. The summed E-state index contributed by atoms with van der Waals surface area (Å²) in [4.78, 5) is 29.5. The molecule has 0 N–H and O–H groups in total. The van der Waals surface area contributed by atoms with Gasteiger partial charge in [-0.15, -0.1) is 0 Å². The number of Topliss-reactive ketones (excluding diaryl/α,β-unsaturated/α-hetero) is 1. The number of rotatable bonds is 4. The van der Waals surface area contributed by atoms with Crippen LogP contribution in [-0.2, 0) is 13.5 Å². The van der Waals surface area contributed by atoms with E-state index >= 15 is 0 Å². The molecule has 0 spiro atoms. The Labute approximate surface area is 149 Å². The largest absolute Gasteiger partial charge is 0.292 e. The van der Waals surface area contributed by atoms with E-state index in [1.807, 2.05) is 30.3 Å². The second-order valence-electron chi connectivity index (χ2n) is 6.05. The third-order valence-electron chi connectivity index (χ3n) is 4.33. The monoisotopic (exact) mass is 344 g/mol. The maximum Gasteiger partial charge on any atom is 0.265 e. The normalized spacial score (nSPS) is 11.0. The SMILES string of the molecule is Cn1nccc1C(=O)Cc1ccc2c(=O)n(-c3ccccc3)cnc2c1. The Morgan fingerprint density at radius 1 is 1.08 bits per heavy atom. The minimum Gasteiger partial charge on any atom is -0.292 e. The van der Waals surface area contributed by atoms with E-state index in [1.165, 1.54) is 10.9 Å². The molecule has 0 amide bonds. The van der Waals surface area contributed by atoms with E-state index in [0.717, 1.165) is 11.3 Å². The van der Waals surface area contributed by atoms with Crippen molar-refractivity contribution < 1.29 is 4.79 Å². The maximum atomic E-state index is 12.7. The van der Waals surface area contributed by atoms with Crippen LogP contribution >= 0.6 is 0 Å². The first-order chi connectivity index (χ1) is 12.6. The van der Waals surface area contributed by atoms with E-state index in [0.29, 0.717) is 16.6 Å². The lowest BCUT2D eigenvalue weighted by Gasteiger charge is -2.07. The van der Waals surface area contributed by atoms with E-state index in [2.05, 4.69) is 10.1 Å². The summed E-state index contributed by atoms with van der Waals surface area (Å²) >= 11 is 0. The highest BCUT2D eigenvalue weighted by molar-refractivity contribution is 5.96.